The molecule has 0 saturated carbocycles. The van der Waals surface area contributed by atoms with E-state index in [0.717, 1.165) is 29.0 Å². The van der Waals surface area contributed by atoms with E-state index in [4.69, 9.17) is 0 Å². The zero-order valence-electron chi connectivity index (χ0n) is 10.2. The number of hydrogen-bond acceptors (Lipinski definition) is 2. The second-order valence-electron chi connectivity index (χ2n) is 4.70. The smallest absolute Gasteiger partial charge is 0.177 e. The molecule has 92 valence electrons. The second kappa shape index (κ2) is 5.78. The van der Waals surface area contributed by atoms with Crippen LogP contribution < -0.4 is 0 Å². The number of carbonyl (C=O) groups is 1. The van der Waals surface area contributed by atoms with Crippen LogP contribution in [0.4, 0.5) is 0 Å². The summed E-state index contributed by atoms with van der Waals surface area (Å²) in [6, 6.07) is 7.66. The summed E-state index contributed by atoms with van der Waals surface area (Å²) in [4.78, 5) is 14.4. The van der Waals surface area contributed by atoms with Crippen LogP contribution in [0.5, 0.6) is 0 Å². The molecule has 1 aliphatic rings. The first-order chi connectivity index (χ1) is 8.20. The van der Waals surface area contributed by atoms with Gasteiger partial charge in [-0.25, -0.2) is 0 Å². The maximum Gasteiger partial charge on any atom is 0.177 e. The van der Waals surface area contributed by atoms with Crippen LogP contribution in [-0.2, 0) is 0 Å². The van der Waals surface area contributed by atoms with Gasteiger partial charge >= 0.3 is 0 Å². The molecule has 0 bridgehead atoms. The highest BCUT2D eigenvalue weighted by Gasteiger charge is 2.23. The first-order valence-corrected chi connectivity index (χ1v) is 7.00. The van der Waals surface area contributed by atoms with Crippen LogP contribution in [0.1, 0.15) is 30.1 Å². The number of rotatable bonds is 4. The Morgan fingerprint density at radius 3 is 2.88 bits per heavy atom. The van der Waals surface area contributed by atoms with Crippen molar-refractivity contribution >= 4 is 21.7 Å². The van der Waals surface area contributed by atoms with Crippen molar-refractivity contribution < 1.29 is 4.79 Å². The van der Waals surface area contributed by atoms with Gasteiger partial charge in [0.25, 0.3) is 0 Å². The molecule has 1 aliphatic heterocycles. The third-order valence-corrected chi connectivity index (χ3v) is 4.18. The molecule has 2 nitrogen and oxygen atoms in total. The molecular formula is C14H18BrNO. The molecule has 17 heavy (non-hydrogen) atoms. The van der Waals surface area contributed by atoms with E-state index in [2.05, 4.69) is 27.8 Å². The summed E-state index contributed by atoms with van der Waals surface area (Å²) in [5, 5.41) is 0. The zero-order valence-corrected chi connectivity index (χ0v) is 11.7. The molecule has 0 aliphatic carbocycles. The molecule has 0 amide bonds. The summed E-state index contributed by atoms with van der Waals surface area (Å²) < 4.78 is 0.899. The molecule has 0 N–H and O–H groups in total. The van der Waals surface area contributed by atoms with Crippen LogP contribution in [0.15, 0.2) is 28.7 Å². The third-order valence-electron chi connectivity index (χ3n) is 3.49. The average Bonchev–Trinajstić information content (AvgIpc) is 2.77. The number of hydrogen-bond donors (Lipinski definition) is 0. The topological polar surface area (TPSA) is 20.3 Å². The SMILES string of the molecule is CCC1CCN(CC(=O)c2ccccc2Br)C1. The molecule has 0 spiro atoms. The first kappa shape index (κ1) is 12.8. The monoisotopic (exact) mass is 295 g/mol. The van der Waals surface area contributed by atoms with Crippen molar-refractivity contribution in [3.8, 4) is 0 Å². The number of benzene rings is 1. The lowest BCUT2D eigenvalue weighted by Crippen LogP contribution is -2.28. The number of ketones is 1. The fourth-order valence-corrected chi connectivity index (χ4v) is 2.87. The number of carbonyl (C=O) groups excluding carboxylic acids is 1. The summed E-state index contributed by atoms with van der Waals surface area (Å²) >= 11 is 3.43. The number of halogens is 1. The van der Waals surface area contributed by atoms with Crippen LogP contribution in [-0.4, -0.2) is 30.3 Å². The molecule has 2 rings (SSSR count). The van der Waals surface area contributed by atoms with E-state index < -0.39 is 0 Å². The van der Waals surface area contributed by atoms with Crippen LogP contribution in [0, 0.1) is 5.92 Å². The molecule has 3 heteroatoms. The maximum atomic E-state index is 12.1. The fraction of sp³-hybridized carbons (Fsp3) is 0.500. The van der Waals surface area contributed by atoms with E-state index in [0.29, 0.717) is 6.54 Å². The van der Waals surface area contributed by atoms with Gasteiger partial charge in [-0.1, -0.05) is 47.5 Å². The van der Waals surface area contributed by atoms with Gasteiger partial charge in [-0.15, -0.1) is 0 Å². The molecule has 1 aromatic carbocycles. The van der Waals surface area contributed by atoms with Gasteiger partial charge in [0.15, 0.2) is 5.78 Å². The van der Waals surface area contributed by atoms with E-state index >= 15 is 0 Å². The standard InChI is InChI=1S/C14H18BrNO/c1-2-11-7-8-16(9-11)10-14(17)12-5-3-4-6-13(12)15/h3-6,11H,2,7-10H2,1H3. The highest BCUT2D eigenvalue weighted by Crippen LogP contribution is 2.21. The molecule has 0 aromatic heterocycles. The summed E-state index contributed by atoms with van der Waals surface area (Å²) in [6.45, 7) is 4.92. The number of nitrogens with zero attached hydrogens (tertiary/aromatic N) is 1. The van der Waals surface area contributed by atoms with Crippen molar-refractivity contribution in [2.24, 2.45) is 5.92 Å². The predicted octanol–water partition coefficient (Wildman–Crippen LogP) is 3.36. The van der Waals surface area contributed by atoms with Gasteiger partial charge in [0, 0.05) is 16.6 Å². The van der Waals surface area contributed by atoms with Crippen LogP contribution in [0.3, 0.4) is 0 Å². The normalized spacial score (nSPS) is 20.7. The quantitative estimate of drug-likeness (QED) is 0.794. The minimum absolute atomic E-state index is 0.217. The predicted molar refractivity (Wildman–Crippen MR) is 73.3 cm³/mol. The molecule has 0 radical (unpaired) electrons. The Hall–Kier alpha value is -0.670. The highest BCUT2D eigenvalue weighted by atomic mass is 79.9. The molecule has 1 heterocycles. The first-order valence-electron chi connectivity index (χ1n) is 6.20. The van der Waals surface area contributed by atoms with Gasteiger partial charge in [-0.3, -0.25) is 9.69 Å². The van der Waals surface area contributed by atoms with E-state index in [1.807, 2.05) is 24.3 Å². The number of Topliss-reactive ketones (excluding diaryl/α,β-unsaturated/α-hetero) is 1. The van der Waals surface area contributed by atoms with Crippen molar-refractivity contribution in [3.63, 3.8) is 0 Å². The fourth-order valence-electron chi connectivity index (χ4n) is 2.37. The third kappa shape index (κ3) is 3.17. The molecule has 1 atom stereocenters. The average molecular weight is 296 g/mol. The zero-order chi connectivity index (χ0) is 12.3. The van der Waals surface area contributed by atoms with Crippen LogP contribution in [0.2, 0.25) is 0 Å². The van der Waals surface area contributed by atoms with Gasteiger partial charge < -0.3 is 0 Å². The van der Waals surface area contributed by atoms with Crippen molar-refractivity contribution in [1.82, 2.24) is 4.90 Å². The van der Waals surface area contributed by atoms with Gasteiger partial charge in [0.2, 0.25) is 0 Å². The van der Waals surface area contributed by atoms with E-state index in [1.165, 1.54) is 12.8 Å². The van der Waals surface area contributed by atoms with Gasteiger partial charge in [0.05, 0.1) is 6.54 Å². The maximum absolute atomic E-state index is 12.1. The lowest BCUT2D eigenvalue weighted by molar-refractivity contribution is 0.0942. The van der Waals surface area contributed by atoms with E-state index in [1.54, 1.807) is 0 Å². The van der Waals surface area contributed by atoms with Gasteiger partial charge in [0.1, 0.15) is 0 Å². The Kier molecular flexibility index (Phi) is 4.35. The Bertz CT molecular complexity index is 405. The second-order valence-corrected chi connectivity index (χ2v) is 5.56. The Balaban J connectivity index is 1.96. The lowest BCUT2D eigenvalue weighted by atomic mass is 10.1. The van der Waals surface area contributed by atoms with E-state index in [9.17, 15) is 4.79 Å². The number of likely N-dealkylation sites (tertiary alicyclic amines) is 1. The van der Waals surface area contributed by atoms with E-state index in [-0.39, 0.29) is 5.78 Å². The molecule has 1 fully saturated rings. The van der Waals surface area contributed by atoms with Crippen molar-refractivity contribution in [2.75, 3.05) is 19.6 Å². The summed E-state index contributed by atoms with van der Waals surface area (Å²) in [5.41, 5.74) is 0.799. The molecule has 1 unspecified atom stereocenters. The van der Waals surface area contributed by atoms with Crippen molar-refractivity contribution in [2.45, 2.75) is 19.8 Å². The minimum atomic E-state index is 0.217. The van der Waals surface area contributed by atoms with Crippen molar-refractivity contribution in [3.05, 3.63) is 34.3 Å². The highest BCUT2D eigenvalue weighted by molar-refractivity contribution is 9.10. The summed E-state index contributed by atoms with van der Waals surface area (Å²) in [7, 11) is 0. The molecule has 1 aromatic rings. The molecular weight excluding hydrogens is 278 g/mol. The Morgan fingerprint density at radius 1 is 1.47 bits per heavy atom. The van der Waals surface area contributed by atoms with Gasteiger partial charge in [-0.05, 0) is 24.9 Å². The molecule has 1 saturated heterocycles. The largest absolute Gasteiger partial charge is 0.296 e. The van der Waals surface area contributed by atoms with Crippen LogP contribution >= 0.6 is 15.9 Å². The minimum Gasteiger partial charge on any atom is -0.296 e. The van der Waals surface area contributed by atoms with Crippen LogP contribution in [0.25, 0.3) is 0 Å². The summed E-state index contributed by atoms with van der Waals surface area (Å²) in [6.07, 6.45) is 2.46. The summed E-state index contributed by atoms with van der Waals surface area (Å²) in [5.74, 6) is 0.997. The Labute approximate surface area is 111 Å². The lowest BCUT2D eigenvalue weighted by Gasteiger charge is -2.15. The van der Waals surface area contributed by atoms with Crippen molar-refractivity contribution in [1.29, 1.82) is 0 Å². The van der Waals surface area contributed by atoms with Gasteiger partial charge in [-0.2, -0.15) is 0 Å². The Morgan fingerprint density at radius 2 is 2.24 bits per heavy atom.